The Morgan fingerprint density at radius 2 is 1.77 bits per heavy atom. The Bertz CT molecular complexity index is 844. The molecule has 2 aromatic carbocycles. The fourth-order valence-corrected chi connectivity index (χ4v) is 3.98. The van der Waals surface area contributed by atoms with Gasteiger partial charge in [0, 0.05) is 50.1 Å². The first kappa shape index (κ1) is 22.5. The number of guanidine groups is 1. The molecule has 4 rings (SSSR count). The summed E-state index contributed by atoms with van der Waals surface area (Å²) in [4.78, 5) is 9.66. The van der Waals surface area contributed by atoms with Crippen LogP contribution < -0.4 is 20.4 Å². The molecule has 2 heterocycles. The van der Waals surface area contributed by atoms with Gasteiger partial charge in [-0.05, 0) is 43.2 Å². The van der Waals surface area contributed by atoms with E-state index in [-0.39, 0.29) is 24.0 Å². The molecule has 1 saturated heterocycles. The number of hydrogen-bond acceptors (Lipinski definition) is 3. The third kappa shape index (κ3) is 5.90. The maximum Gasteiger partial charge on any atom is 0.191 e. The Hall–Kier alpha value is -2.22. The molecule has 0 amide bonds. The molecule has 2 aromatic rings. The number of anilines is 2. The van der Waals surface area contributed by atoms with Crippen LogP contribution in [0.4, 0.5) is 11.4 Å². The second kappa shape index (κ2) is 11.2. The standard InChI is InChI=1S/C24H31N5.HI/c1-2-25-24(27-21-13-16-29(19-21)22-10-4-3-5-11-22)26-18-20-9-8-12-23(17-20)28-14-6-7-15-28;/h3-12,17,21H,2,13-16,18-19H2,1H3,(H2,25,26,27);1H. The Balaban J connectivity index is 0.00000256. The van der Waals surface area contributed by atoms with Crippen LogP contribution in [0.15, 0.2) is 71.7 Å². The molecule has 1 unspecified atom stereocenters. The van der Waals surface area contributed by atoms with E-state index in [4.69, 9.17) is 4.99 Å². The molecular weight excluding hydrogens is 485 g/mol. The summed E-state index contributed by atoms with van der Waals surface area (Å²) in [5.41, 5.74) is 3.81. The van der Waals surface area contributed by atoms with Gasteiger partial charge in [-0.15, -0.1) is 24.0 Å². The van der Waals surface area contributed by atoms with Gasteiger partial charge in [-0.3, -0.25) is 0 Å². The fourth-order valence-electron chi connectivity index (χ4n) is 3.98. The summed E-state index contributed by atoms with van der Waals surface area (Å²) in [5, 5.41) is 7.04. The number of aliphatic imine (C=N–C) groups is 1. The van der Waals surface area contributed by atoms with Gasteiger partial charge in [-0.1, -0.05) is 42.5 Å². The largest absolute Gasteiger partial charge is 0.369 e. The lowest BCUT2D eigenvalue weighted by Crippen LogP contribution is -2.44. The van der Waals surface area contributed by atoms with Gasteiger partial charge in [0.15, 0.2) is 5.96 Å². The molecule has 0 aromatic heterocycles. The third-order valence-electron chi connectivity index (χ3n) is 5.51. The molecule has 5 nitrogen and oxygen atoms in total. The average Bonchev–Trinajstić information content (AvgIpc) is 3.46. The molecule has 0 saturated carbocycles. The van der Waals surface area contributed by atoms with Crippen molar-refractivity contribution in [3.05, 3.63) is 72.3 Å². The van der Waals surface area contributed by atoms with Crippen LogP contribution in [0.1, 0.15) is 18.9 Å². The zero-order chi connectivity index (χ0) is 19.9. The second-order valence-electron chi connectivity index (χ2n) is 7.65. The number of rotatable bonds is 6. The Morgan fingerprint density at radius 3 is 2.53 bits per heavy atom. The lowest BCUT2D eigenvalue weighted by Gasteiger charge is -2.20. The van der Waals surface area contributed by atoms with Crippen LogP contribution in [0.25, 0.3) is 0 Å². The van der Waals surface area contributed by atoms with E-state index in [2.05, 4.69) is 94.1 Å². The summed E-state index contributed by atoms with van der Waals surface area (Å²) in [7, 11) is 0. The van der Waals surface area contributed by atoms with Crippen molar-refractivity contribution < 1.29 is 0 Å². The molecule has 2 aliphatic rings. The minimum Gasteiger partial charge on any atom is -0.369 e. The first-order chi connectivity index (χ1) is 14.3. The predicted octanol–water partition coefficient (Wildman–Crippen LogP) is 4.01. The van der Waals surface area contributed by atoms with Gasteiger partial charge < -0.3 is 20.4 Å². The van der Waals surface area contributed by atoms with E-state index in [0.717, 1.165) is 45.1 Å². The molecule has 2 N–H and O–H groups in total. The lowest BCUT2D eigenvalue weighted by molar-refractivity contribution is 0.649. The number of benzene rings is 2. The summed E-state index contributed by atoms with van der Waals surface area (Å²) in [6, 6.07) is 19.8. The molecule has 0 bridgehead atoms. The van der Waals surface area contributed by atoms with Gasteiger partial charge >= 0.3 is 0 Å². The molecule has 30 heavy (non-hydrogen) atoms. The number of hydrogen-bond donors (Lipinski definition) is 2. The van der Waals surface area contributed by atoms with Crippen molar-refractivity contribution in [3.8, 4) is 0 Å². The molecule has 1 atom stereocenters. The minimum atomic E-state index is 0. The maximum atomic E-state index is 4.85. The molecule has 6 heteroatoms. The summed E-state index contributed by atoms with van der Waals surface area (Å²) in [6.07, 6.45) is 5.56. The van der Waals surface area contributed by atoms with E-state index in [9.17, 15) is 0 Å². The number of para-hydroxylation sites is 1. The van der Waals surface area contributed by atoms with Crippen molar-refractivity contribution in [1.29, 1.82) is 0 Å². The smallest absolute Gasteiger partial charge is 0.191 e. The first-order valence-electron chi connectivity index (χ1n) is 10.7. The van der Waals surface area contributed by atoms with Crippen molar-refractivity contribution >= 4 is 41.3 Å². The van der Waals surface area contributed by atoms with Crippen LogP contribution >= 0.6 is 24.0 Å². The molecule has 1 fully saturated rings. The van der Waals surface area contributed by atoms with Gasteiger partial charge in [-0.2, -0.15) is 0 Å². The van der Waals surface area contributed by atoms with Gasteiger partial charge in [-0.25, -0.2) is 4.99 Å². The molecule has 2 aliphatic heterocycles. The van der Waals surface area contributed by atoms with Crippen molar-refractivity contribution in [2.45, 2.75) is 25.9 Å². The monoisotopic (exact) mass is 517 g/mol. The predicted molar refractivity (Wildman–Crippen MR) is 138 cm³/mol. The normalized spacial score (nSPS) is 18.4. The summed E-state index contributed by atoms with van der Waals surface area (Å²) in [6.45, 7) is 7.73. The van der Waals surface area contributed by atoms with Crippen molar-refractivity contribution in [2.24, 2.45) is 4.99 Å². The van der Waals surface area contributed by atoms with E-state index >= 15 is 0 Å². The SMILES string of the molecule is CCNC(=NCc1cccc(N2CC=CC2)c1)NC1CCN(c2ccccc2)C1.I. The Morgan fingerprint density at radius 1 is 1.00 bits per heavy atom. The van der Waals surface area contributed by atoms with E-state index < -0.39 is 0 Å². The molecule has 0 aliphatic carbocycles. The van der Waals surface area contributed by atoms with Crippen molar-refractivity contribution in [3.63, 3.8) is 0 Å². The van der Waals surface area contributed by atoms with Crippen molar-refractivity contribution in [1.82, 2.24) is 10.6 Å². The zero-order valence-electron chi connectivity index (χ0n) is 17.6. The van der Waals surface area contributed by atoms with Gasteiger partial charge in [0.1, 0.15) is 0 Å². The summed E-state index contributed by atoms with van der Waals surface area (Å²) in [5.74, 6) is 0.903. The minimum absolute atomic E-state index is 0. The number of nitrogens with zero attached hydrogens (tertiary/aromatic N) is 3. The van der Waals surface area contributed by atoms with Crippen LogP contribution in [0.5, 0.6) is 0 Å². The average molecular weight is 517 g/mol. The summed E-state index contributed by atoms with van der Waals surface area (Å²) >= 11 is 0. The Kier molecular flexibility index (Phi) is 8.42. The molecular formula is C24H32IN5. The molecule has 0 radical (unpaired) electrons. The third-order valence-corrected chi connectivity index (χ3v) is 5.51. The van der Waals surface area contributed by atoms with Gasteiger partial charge in [0.05, 0.1) is 6.54 Å². The second-order valence-corrected chi connectivity index (χ2v) is 7.65. The highest BCUT2D eigenvalue weighted by atomic mass is 127. The highest BCUT2D eigenvalue weighted by Crippen LogP contribution is 2.20. The highest BCUT2D eigenvalue weighted by Gasteiger charge is 2.23. The quantitative estimate of drug-likeness (QED) is 0.263. The Labute approximate surface area is 197 Å². The van der Waals surface area contributed by atoms with Crippen LogP contribution in [-0.4, -0.2) is 44.7 Å². The van der Waals surface area contributed by atoms with Crippen molar-refractivity contribution in [2.75, 3.05) is 42.5 Å². The van der Waals surface area contributed by atoms with Crippen LogP contribution in [0.3, 0.4) is 0 Å². The van der Waals surface area contributed by atoms with Crippen LogP contribution in [0.2, 0.25) is 0 Å². The van der Waals surface area contributed by atoms with E-state index in [1.165, 1.54) is 16.9 Å². The van der Waals surface area contributed by atoms with Crippen LogP contribution in [0, 0.1) is 0 Å². The summed E-state index contributed by atoms with van der Waals surface area (Å²) < 4.78 is 0. The van der Waals surface area contributed by atoms with E-state index in [0.29, 0.717) is 12.6 Å². The zero-order valence-corrected chi connectivity index (χ0v) is 20.0. The number of halogens is 1. The molecule has 0 spiro atoms. The maximum absolute atomic E-state index is 4.85. The lowest BCUT2D eigenvalue weighted by atomic mass is 10.2. The highest BCUT2D eigenvalue weighted by molar-refractivity contribution is 14.0. The van der Waals surface area contributed by atoms with Crippen LogP contribution in [-0.2, 0) is 6.54 Å². The topological polar surface area (TPSA) is 42.9 Å². The van der Waals surface area contributed by atoms with Gasteiger partial charge in [0.2, 0.25) is 0 Å². The first-order valence-corrected chi connectivity index (χ1v) is 10.7. The number of nitrogens with one attached hydrogen (secondary N) is 2. The molecule has 160 valence electrons. The van der Waals surface area contributed by atoms with Gasteiger partial charge in [0.25, 0.3) is 0 Å². The van der Waals surface area contributed by atoms with E-state index in [1.54, 1.807) is 0 Å². The van der Waals surface area contributed by atoms with E-state index in [1.807, 2.05) is 0 Å². The fraction of sp³-hybridized carbons (Fsp3) is 0.375.